The molecule has 0 atom stereocenters. The first-order valence-electron chi connectivity index (χ1n) is 8.06. The van der Waals surface area contributed by atoms with Crippen LogP contribution in [0, 0.1) is 6.92 Å². The molecule has 7 heteroatoms. The van der Waals surface area contributed by atoms with Crippen molar-refractivity contribution in [2.75, 3.05) is 7.11 Å². The van der Waals surface area contributed by atoms with Crippen LogP contribution < -0.4 is 4.74 Å². The number of aromatic nitrogens is 4. The highest BCUT2D eigenvalue weighted by Crippen LogP contribution is 2.25. The van der Waals surface area contributed by atoms with Crippen molar-refractivity contribution in [2.45, 2.75) is 13.3 Å². The molecule has 0 spiro atoms. The van der Waals surface area contributed by atoms with Crippen LogP contribution in [-0.4, -0.2) is 27.2 Å². The Morgan fingerprint density at radius 3 is 2.58 bits per heavy atom. The molecule has 0 aliphatic carbocycles. The summed E-state index contributed by atoms with van der Waals surface area (Å²) in [5.41, 5.74) is 2.43. The third-order valence-corrected chi connectivity index (χ3v) is 3.93. The SMILES string of the molecule is COc1ccc(-c2nc(Cc3noc(-c4cccnc4)n3)c(C)o2)cc1. The zero-order valence-electron chi connectivity index (χ0n) is 14.3. The van der Waals surface area contributed by atoms with Gasteiger partial charge in [-0.1, -0.05) is 5.16 Å². The molecule has 0 N–H and O–H groups in total. The average Bonchev–Trinajstić information content (AvgIpc) is 3.30. The van der Waals surface area contributed by atoms with Crippen LogP contribution in [0.1, 0.15) is 17.3 Å². The van der Waals surface area contributed by atoms with Crippen molar-refractivity contribution in [3.8, 4) is 28.7 Å². The van der Waals surface area contributed by atoms with E-state index < -0.39 is 0 Å². The lowest BCUT2D eigenvalue weighted by Crippen LogP contribution is -1.93. The molecular weight excluding hydrogens is 332 g/mol. The Bertz CT molecular complexity index is 1010. The molecule has 7 nitrogen and oxygen atoms in total. The Kier molecular flexibility index (Phi) is 4.18. The summed E-state index contributed by atoms with van der Waals surface area (Å²) in [6.45, 7) is 1.87. The molecule has 4 rings (SSSR count). The van der Waals surface area contributed by atoms with Gasteiger partial charge in [0.1, 0.15) is 11.5 Å². The van der Waals surface area contributed by atoms with Crippen LogP contribution in [0.3, 0.4) is 0 Å². The second kappa shape index (κ2) is 6.79. The minimum Gasteiger partial charge on any atom is -0.497 e. The zero-order valence-corrected chi connectivity index (χ0v) is 14.3. The van der Waals surface area contributed by atoms with Gasteiger partial charge in [-0.05, 0) is 43.3 Å². The summed E-state index contributed by atoms with van der Waals surface area (Å²) in [5.74, 6) is 3.04. The van der Waals surface area contributed by atoms with E-state index in [2.05, 4.69) is 20.1 Å². The second-order valence-corrected chi connectivity index (χ2v) is 5.68. The first-order valence-corrected chi connectivity index (χ1v) is 8.06. The molecule has 0 aliphatic heterocycles. The maximum Gasteiger partial charge on any atom is 0.259 e. The van der Waals surface area contributed by atoms with Gasteiger partial charge in [0.25, 0.3) is 5.89 Å². The Morgan fingerprint density at radius 2 is 1.85 bits per heavy atom. The molecule has 130 valence electrons. The number of pyridine rings is 1. The van der Waals surface area contributed by atoms with Gasteiger partial charge in [0.2, 0.25) is 5.89 Å². The Labute approximate surface area is 149 Å². The van der Waals surface area contributed by atoms with E-state index >= 15 is 0 Å². The van der Waals surface area contributed by atoms with Crippen LogP contribution in [-0.2, 0) is 6.42 Å². The lowest BCUT2D eigenvalue weighted by Gasteiger charge is -1.99. The van der Waals surface area contributed by atoms with Crippen molar-refractivity contribution in [1.29, 1.82) is 0 Å². The molecule has 3 aromatic heterocycles. The van der Waals surface area contributed by atoms with E-state index in [1.807, 2.05) is 43.3 Å². The lowest BCUT2D eigenvalue weighted by atomic mass is 10.2. The van der Waals surface area contributed by atoms with Crippen LogP contribution in [0.25, 0.3) is 22.9 Å². The van der Waals surface area contributed by atoms with E-state index in [4.69, 9.17) is 13.7 Å². The molecule has 0 aliphatic rings. The molecule has 0 saturated carbocycles. The summed E-state index contributed by atoms with van der Waals surface area (Å²) in [4.78, 5) is 13.0. The van der Waals surface area contributed by atoms with E-state index in [0.29, 0.717) is 24.0 Å². The normalized spacial score (nSPS) is 10.8. The molecule has 4 aromatic rings. The van der Waals surface area contributed by atoms with E-state index in [1.165, 1.54) is 0 Å². The third kappa shape index (κ3) is 3.19. The number of hydrogen-bond acceptors (Lipinski definition) is 7. The molecular formula is C19H16N4O3. The summed E-state index contributed by atoms with van der Waals surface area (Å²) >= 11 is 0. The van der Waals surface area contributed by atoms with Gasteiger partial charge in [0.15, 0.2) is 5.82 Å². The Balaban J connectivity index is 1.55. The summed E-state index contributed by atoms with van der Waals surface area (Å²) in [7, 11) is 1.63. The number of rotatable bonds is 5. The molecule has 0 saturated heterocycles. The first kappa shape index (κ1) is 16.0. The summed E-state index contributed by atoms with van der Waals surface area (Å²) in [5, 5.41) is 4.02. The van der Waals surface area contributed by atoms with Gasteiger partial charge in [0.05, 0.1) is 24.8 Å². The number of oxazole rings is 1. The minimum atomic E-state index is 0.426. The molecule has 0 amide bonds. The Morgan fingerprint density at radius 1 is 1.00 bits per heavy atom. The molecule has 0 unspecified atom stereocenters. The fourth-order valence-electron chi connectivity index (χ4n) is 2.53. The van der Waals surface area contributed by atoms with Crippen LogP contribution in [0.5, 0.6) is 5.75 Å². The van der Waals surface area contributed by atoms with Gasteiger partial charge in [-0.3, -0.25) is 4.98 Å². The van der Waals surface area contributed by atoms with Crippen molar-refractivity contribution < 1.29 is 13.7 Å². The molecule has 3 heterocycles. The fourth-order valence-corrected chi connectivity index (χ4v) is 2.53. The molecule has 0 bridgehead atoms. The maximum absolute atomic E-state index is 5.79. The minimum absolute atomic E-state index is 0.426. The molecule has 26 heavy (non-hydrogen) atoms. The monoisotopic (exact) mass is 348 g/mol. The number of ether oxygens (including phenoxy) is 1. The molecule has 1 aromatic carbocycles. The van der Waals surface area contributed by atoms with E-state index in [9.17, 15) is 0 Å². The summed E-state index contributed by atoms with van der Waals surface area (Å²) in [6.07, 6.45) is 3.80. The third-order valence-electron chi connectivity index (χ3n) is 3.93. The van der Waals surface area contributed by atoms with Crippen molar-refractivity contribution in [1.82, 2.24) is 20.1 Å². The van der Waals surface area contributed by atoms with Crippen LogP contribution in [0.2, 0.25) is 0 Å². The number of methoxy groups -OCH3 is 1. The Hall–Kier alpha value is -3.48. The smallest absolute Gasteiger partial charge is 0.259 e. The highest BCUT2D eigenvalue weighted by Gasteiger charge is 2.16. The standard InChI is InChI=1S/C19H16N4O3/c1-12-16(21-18(25-12)13-5-7-15(24-2)8-6-13)10-17-22-19(26-23-17)14-4-3-9-20-11-14/h3-9,11H,10H2,1-2H3. The average molecular weight is 348 g/mol. The number of aryl methyl sites for hydroxylation is 1. The number of benzene rings is 1. The summed E-state index contributed by atoms with van der Waals surface area (Å²) in [6, 6.07) is 11.2. The largest absolute Gasteiger partial charge is 0.497 e. The topological polar surface area (TPSA) is 87.1 Å². The van der Waals surface area contributed by atoms with Gasteiger partial charge < -0.3 is 13.7 Å². The molecule has 0 fully saturated rings. The van der Waals surface area contributed by atoms with Crippen molar-refractivity contribution in [3.05, 3.63) is 66.1 Å². The number of nitrogens with zero attached hydrogens (tertiary/aromatic N) is 4. The van der Waals surface area contributed by atoms with Gasteiger partial charge in [0, 0.05) is 18.0 Å². The van der Waals surface area contributed by atoms with E-state index in [0.717, 1.165) is 28.3 Å². The van der Waals surface area contributed by atoms with Gasteiger partial charge in [-0.15, -0.1) is 0 Å². The summed E-state index contributed by atoms with van der Waals surface area (Å²) < 4.78 is 16.3. The van der Waals surface area contributed by atoms with Gasteiger partial charge in [-0.2, -0.15) is 4.98 Å². The van der Waals surface area contributed by atoms with Crippen molar-refractivity contribution >= 4 is 0 Å². The van der Waals surface area contributed by atoms with E-state index in [1.54, 1.807) is 19.5 Å². The molecule has 0 radical (unpaired) electrons. The predicted octanol–water partition coefficient (Wildman–Crippen LogP) is 3.69. The van der Waals surface area contributed by atoms with Gasteiger partial charge in [-0.25, -0.2) is 4.98 Å². The van der Waals surface area contributed by atoms with E-state index in [-0.39, 0.29) is 0 Å². The fraction of sp³-hybridized carbons (Fsp3) is 0.158. The quantitative estimate of drug-likeness (QED) is 0.543. The van der Waals surface area contributed by atoms with Crippen LogP contribution >= 0.6 is 0 Å². The van der Waals surface area contributed by atoms with Crippen LogP contribution in [0.15, 0.2) is 57.7 Å². The first-order chi connectivity index (χ1) is 12.7. The zero-order chi connectivity index (χ0) is 17.9. The predicted molar refractivity (Wildman–Crippen MR) is 93.6 cm³/mol. The van der Waals surface area contributed by atoms with Crippen molar-refractivity contribution in [3.63, 3.8) is 0 Å². The highest BCUT2D eigenvalue weighted by molar-refractivity contribution is 5.55. The number of hydrogen-bond donors (Lipinski definition) is 0. The van der Waals surface area contributed by atoms with Crippen molar-refractivity contribution in [2.24, 2.45) is 0 Å². The lowest BCUT2D eigenvalue weighted by molar-refractivity contribution is 0.415. The van der Waals surface area contributed by atoms with Crippen LogP contribution in [0.4, 0.5) is 0 Å². The second-order valence-electron chi connectivity index (χ2n) is 5.68. The van der Waals surface area contributed by atoms with Gasteiger partial charge >= 0.3 is 0 Å². The maximum atomic E-state index is 5.79. The highest BCUT2D eigenvalue weighted by atomic mass is 16.5.